The van der Waals surface area contributed by atoms with Crippen LogP contribution in [0, 0.1) is 13.8 Å². The van der Waals surface area contributed by atoms with Gasteiger partial charge in [-0.15, -0.1) is 0 Å². The summed E-state index contributed by atoms with van der Waals surface area (Å²) in [5.41, 5.74) is 3.32. The van der Waals surface area contributed by atoms with Gasteiger partial charge in [-0.25, -0.2) is 8.42 Å². The molecule has 1 amide bonds. The zero-order chi connectivity index (χ0) is 19.8. The van der Waals surface area contributed by atoms with Crippen LogP contribution in [0.15, 0.2) is 47.4 Å². The molecule has 1 saturated heterocycles. The Morgan fingerprint density at radius 3 is 2.22 bits per heavy atom. The molecule has 1 atom stereocenters. The number of sulfonamides is 1. The lowest BCUT2D eigenvalue weighted by atomic mass is 10.1. The number of carbonyl (C=O) groups is 2. The van der Waals surface area contributed by atoms with Crippen molar-refractivity contribution >= 4 is 27.4 Å². The first kappa shape index (κ1) is 19.3. The maximum atomic E-state index is 12.7. The van der Waals surface area contributed by atoms with Crippen LogP contribution in [0.5, 0.6) is 0 Å². The van der Waals surface area contributed by atoms with Crippen molar-refractivity contribution in [3.63, 3.8) is 0 Å². The van der Waals surface area contributed by atoms with Gasteiger partial charge in [0, 0.05) is 17.8 Å². The summed E-state index contributed by atoms with van der Waals surface area (Å²) in [4.78, 5) is 25.7. The van der Waals surface area contributed by atoms with E-state index in [2.05, 4.69) is 4.72 Å². The molecule has 0 spiro atoms. The maximum absolute atomic E-state index is 12.7. The van der Waals surface area contributed by atoms with Crippen molar-refractivity contribution in [3.8, 4) is 0 Å². The van der Waals surface area contributed by atoms with Gasteiger partial charge in [0.1, 0.15) is 6.04 Å². The molecule has 1 heterocycles. The molecule has 1 aliphatic rings. The van der Waals surface area contributed by atoms with Gasteiger partial charge in [0.25, 0.3) is 0 Å². The number of Topliss-reactive ketones (excluding diaryl/α,β-unsaturated/α-hetero) is 1. The highest BCUT2D eigenvalue weighted by Crippen LogP contribution is 2.25. The number of benzene rings is 2. The van der Waals surface area contributed by atoms with E-state index in [4.69, 9.17) is 0 Å². The van der Waals surface area contributed by atoms with Gasteiger partial charge in [-0.1, -0.05) is 18.2 Å². The molecule has 0 radical (unpaired) electrons. The summed E-state index contributed by atoms with van der Waals surface area (Å²) in [5, 5.41) is 0. The highest BCUT2D eigenvalue weighted by molar-refractivity contribution is 7.89. The van der Waals surface area contributed by atoms with E-state index in [0.29, 0.717) is 18.5 Å². The molecule has 1 fully saturated rings. The minimum Gasteiger partial charge on any atom is -0.311 e. The number of hydrogen-bond donors (Lipinski definition) is 1. The van der Waals surface area contributed by atoms with Gasteiger partial charge in [0.05, 0.1) is 4.90 Å². The lowest BCUT2D eigenvalue weighted by molar-refractivity contribution is -0.118. The molecule has 7 heteroatoms. The predicted molar refractivity (Wildman–Crippen MR) is 103 cm³/mol. The van der Waals surface area contributed by atoms with E-state index in [1.54, 1.807) is 4.90 Å². The number of aryl methyl sites for hydroxylation is 2. The predicted octanol–water partition coefficient (Wildman–Crippen LogP) is 2.59. The van der Waals surface area contributed by atoms with Crippen molar-refractivity contribution in [2.75, 3.05) is 11.4 Å². The summed E-state index contributed by atoms with van der Waals surface area (Å²) >= 11 is 0. The van der Waals surface area contributed by atoms with Gasteiger partial charge in [0.2, 0.25) is 15.9 Å². The van der Waals surface area contributed by atoms with Crippen molar-refractivity contribution in [1.82, 2.24) is 4.72 Å². The zero-order valence-electron chi connectivity index (χ0n) is 15.5. The number of carbonyl (C=O) groups excluding carboxylic acids is 2. The molecule has 0 saturated carbocycles. The van der Waals surface area contributed by atoms with E-state index in [-0.39, 0.29) is 16.6 Å². The molecule has 1 unspecified atom stereocenters. The molecule has 1 N–H and O–H groups in total. The lowest BCUT2D eigenvalue weighted by Gasteiger charge is -2.18. The van der Waals surface area contributed by atoms with Crippen LogP contribution in [0.2, 0.25) is 0 Å². The van der Waals surface area contributed by atoms with Crippen LogP contribution in [0.3, 0.4) is 0 Å². The summed E-state index contributed by atoms with van der Waals surface area (Å²) in [6, 6.07) is 10.7. The lowest BCUT2D eigenvalue weighted by Crippen LogP contribution is -2.41. The van der Waals surface area contributed by atoms with Crippen molar-refractivity contribution in [3.05, 3.63) is 59.2 Å². The molecule has 0 bridgehead atoms. The Kier molecular flexibility index (Phi) is 5.17. The summed E-state index contributed by atoms with van der Waals surface area (Å²) < 4.78 is 27.7. The summed E-state index contributed by atoms with van der Waals surface area (Å²) in [6.07, 6.45) is 0.399. The topological polar surface area (TPSA) is 83.6 Å². The fraction of sp³-hybridized carbons (Fsp3) is 0.300. The van der Waals surface area contributed by atoms with Crippen LogP contribution < -0.4 is 9.62 Å². The monoisotopic (exact) mass is 386 g/mol. The maximum Gasteiger partial charge on any atom is 0.245 e. The standard InChI is InChI=1S/C20H22N2O4S/c1-13-10-14(2)12-17(11-13)22-9-8-19(20(22)24)21-27(25,26)18-6-4-16(5-7-18)15(3)23/h4-7,10-12,19,21H,8-9H2,1-3H3. The minimum absolute atomic E-state index is 0.0325. The summed E-state index contributed by atoms with van der Waals surface area (Å²) in [7, 11) is -3.85. The number of ketones is 1. The molecule has 0 aromatic heterocycles. The van der Waals surface area contributed by atoms with E-state index in [1.165, 1.54) is 31.2 Å². The molecule has 6 nitrogen and oxygen atoms in total. The normalized spacial score (nSPS) is 17.4. The molecule has 2 aromatic carbocycles. The molecule has 1 aliphatic heterocycles. The molecule has 142 valence electrons. The zero-order valence-corrected chi connectivity index (χ0v) is 16.3. The second-order valence-electron chi connectivity index (χ2n) is 6.88. The van der Waals surface area contributed by atoms with Gasteiger partial charge >= 0.3 is 0 Å². The fourth-order valence-electron chi connectivity index (χ4n) is 3.28. The number of rotatable bonds is 5. The Labute approximate surface area is 159 Å². The molecule has 27 heavy (non-hydrogen) atoms. The molecule has 0 aliphatic carbocycles. The van der Waals surface area contributed by atoms with Gasteiger partial charge in [-0.3, -0.25) is 9.59 Å². The van der Waals surface area contributed by atoms with Crippen LogP contribution >= 0.6 is 0 Å². The highest BCUT2D eigenvalue weighted by Gasteiger charge is 2.35. The van der Waals surface area contributed by atoms with E-state index in [1.807, 2.05) is 32.0 Å². The van der Waals surface area contributed by atoms with Crippen molar-refractivity contribution in [1.29, 1.82) is 0 Å². The third-order valence-electron chi connectivity index (χ3n) is 4.59. The Morgan fingerprint density at radius 1 is 1.07 bits per heavy atom. The number of anilines is 1. The van der Waals surface area contributed by atoms with Gasteiger partial charge in [0.15, 0.2) is 5.78 Å². The van der Waals surface area contributed by atoms with Crippen molar-refractivity contribution in [2.45, 2.75) is 38.1 Å². The molecular formula is C20H22N2O4S. The number of hydrogen-bond acceptors (Lipinski definition) is 4. The summed E-state index contributed by atoms with van der Waals surface area (Å²) in [6.45, 7) is 5.79. The first-order chi connectivity index (χ1) is 12.7. The van der Waals surface area contributed by atoms with Crippen LogP contribution in [0.4, 0.5) is 5.69 Å². The van der Waals surface area contributed by atoms with Crippen LogP contribution in [0.1, 0.15) is 34.8 Å². The smallest absolute Gasteiger partial charge is 0.245 e. The molecule has 3 rings (SSSR count). The fourth-order valence-corrected chi connectivity index (χ4v) is 4.50. The second-order valence-corrected chi connectivity index (χ2v) is 8.59. The Hall–Kier alpha value is -2.51. The van der Waals surface area contributed by atoms with Crippen molar-refractivity contribution < 1.29 is 18.0 Å². The summed E-state index contributed by atoms with van der Waals surface area (Å²) in [5.74, 6) is -0.397. The largest absolute Gasteiger partial charge is 0.311 e. The SMILES string of the molecule is CC(=O)c1ccc(S(=O)(=O)NC2CCN(c3cc(C)cc(C)c3)C2=O)cc1. The average Bonchev–Trinajstić information content (AvgIpc) is 2.94. The van der Waals surface area contributed by atoms with Gasteiger partial charge in [-0.05, 0) is 62.6 Å². The second kappa shape index (κ2) is 7.25. The molecule has 2 aromatic rings. The first-order valence-corrected chi connectivity index (χ1v) is 10.2. The quantitative estimate of drug-likeness (QED) is 0.801. The Bertz CT molecular complexity index is 977. The average molecular weight is 386 g/mol. The third kappa shape index (κ3) is 4.09. The van der Waals surface area contributed by atoms with Crippen LogP contribution in [-0.2, 0) is 14.8 Å². The highest BCUT2D eigenvalue weighted by atomic mass is 32.2. The third-order valence-corrected chi connectivity index (χ3v) is 6.08. The van der Waals surface area contributed by atoms with Crippen LogP contribution in [0.25, 0.3) is 0 Å². The van der Waals surface area contributed by atoms with E-state index < -0.39 is 16.1 Å². The Balaban J connectivity index is 1.77. The number of nitrogens with one attached hydrogen (secondary N) is 1. The first-order valence-electron chi connectivity index (χ1n) is 8.70. The van der Waals surface area contributed by atoms with E-state index in [9.17, 15) is 18.0 Å². The van der Waals surface area contributed by atoms with Gasteiger partial charge < -0.3 is 4.90 Å². The number of amides is 1. The van der Waals surface area contributed by atoms with Crippen LogP contribution in [-0.4, -0.2) is 32.7 Å². The number of nitrogens with zero attached hydrogens (tertiary/aromatic N) is 1. The Morgan fingerprint density at radius 2 is 1.67 bits per heavy atom. The van der Waals surface area contributed by atoms with Crippen molar-refractivity contribution in [2.24, 2.45) is 0 Å². The van der Waals surface area contributed by atoms with Gasteiger partial charge in [-0.2, -0.15) is 4.72 Å². The van der Waals surface area contributed by atoms with E-state index in [0.717, 1.165) is 16.8 Å². The van der Waals surface area contributed by atoms with E-state index >= 15 is 0 Å². The minimum atomic E-state index is -3.85. The molecular weight excluding hydrogens is 364 g/mol.